The molecule has 0 aromatic carbocycles. The van der Waals surface area contributed by atoms with Gasteiger partial charge in [-0.15, -0.1) is 0 Å². The van der Waals surface area contributed by atoms with Crippen LogP contribution in [0.4, 0.5) is 26.3 Å². The lowest BCUT2D eigenvalue weighted by molar-refractivity contribution is -0.140. The van der Waals surface area contributed by atoms with Crippen molar-refractivity contribution >= 4 is 0 Å². The quantitative estimate of drug-likeness (QED) is 0.558. The third-order valence-electron chi connectivity index (χ3n) is 1.64. The van der Waals surface area contributed by atoms with Crippen LogP contribution >= 0.6 is 0 Å². The Morgan fingerprint density at radius 1 is 1.31 bits per heavy atom. The van der Waals surface area contributed by atoms with Crippen molar-refractivity contribution < 1.29 is 26.3 Å². The van der Waals surface area contributed by atoms with Gasteiger partial charge in [-0.05, 0) is 0 Å². The summed E-state index contributed by atoms with van der Waals surface area (Å²) < 4.78 is 74.1. The Hall–Kier alpha value is -1.78. The fourth-order valence-electron chi connectivity index (χ4n) is 1.08. The van der Waals surface area contributed by atoms with Crippen molar-refractivity contribution in [2.45, 2.75) is 12.6 Å². The fourth-order valence-corrected chi connectivity index (χ4v) is 1.08. The van der Waals surface area contributed by atoms with Crippen LogP contribution in [-0.2, 0) is 6.18 Å². The van der Waals surface area contributed by atoms with E-state index in [1.807, 2.05) is 0 Å². The Balaban J connectivity index is 3.60. The van der Waals surface area contributed by atoms with Crippen molar-refractivity contribution in [3.63, 3.8) is 0 Å². The highest BCUT2D eigenvalue weighted by Crippen LogP contribution is 2.37. The van der Waals surface area contributed by atoms with Gasteiger partial charge in [0.2, 0.25) is 5.95 Å². The summed E-state index contributed by atoms with van der Waals surface area (Å²) in [6.07, 6.45) is -8.72. The molecule has 0 radical (unpaired) electrons. The molecule has 16 heavy (non-hydrogen) atoms. The third kappa shape index (κ3) is 2.24. The number of aromatic nitrogens is 1. The average Bonchev–Trinajstić information content (AvgIpc) is 2.14. The van der Waals surface area contributed by atoms with Crippen molar-refractivity contribution in [3.05, 3.63) is 28.8 Å². The van der Waals surface area contributed by atoms with E-state index in [0.29, 0.717) is 0 Å². The van der Waals surface area contributed by atoms with Gasteiger partial charge in [0.1, 0.15) is 11.6 Å². The third-order valence-corrected chi connectivity index (χ3v) is 1.64. The lowest BCUT2D eigenvalue weighted by Crippen LogP contribution is -2.14. The molecule has 1 aromatic rings. The Bertz CT molecular complexity index is 445. The topological polar surface area (TPSA) is 36.7 Å². The summed E-state index contributed by atoms with van der Waals surface area (Å²) in [6.45, 7) is 0. The number of nitriles is 1. The molecular weight excluding hydrogens is 238 g/mol. The van der Waals surface area contributed by atoms with Crippen LogP contribution in [0, 0.1) is 17.3 Å². The molecule has 0 aliphatic heterocycles. The summed E-state index contributed by atoms with van der Waals surface area (Å²) in [5.41, 5.74) is -4.88. The number of halogens is 6. The predicted octanol–water partition coefficient (Wildman–Crippen LogP) is 3.05. The number of alkyl halides is 5. The zero-order valence-electron chi connectivity index (χ0n) is 7.32. The molecule has 1 aromatic heterocycles. The van der Waals surface area contributed by atoms with Crippen LogP contribution in [0.15, 0.2) is 6.07 Å². The predicted molar refractivity (Wildman–Crippen MR) is 38.9 cm³/mol. The number of pyridine rings is 1. The van der Waals surface area contributed by atoms with E-state index < -0.39 is 35.4 Å². The standard InChI is InChI=1S/C8H2F6N2/c9-5-1-3(7(10)11)6(8(12,13)14)4(2-15)16-5/h1,7H. The lowest BCUT2D eigenvalue weighted by Gasteiger charge is -2.12. The van der Waals surface area contributed by atoms with Gasteiger partial charge in [0, 0.05) is 11.6 Å². The first-order valence-corrected chi connectivity index (χ1v) is 3.73. The lowest BCUT2D eigenvalue weighted by atomic mass is 10.1. The van der Waals surface area contributed by atoms with Crippen LogP contribution < -0.4 is 0 Å². The second-order valence-electron chi connectivity index (χ2n) is 2.67. The highest BCUT2D eigenvalue weighted by Gasteiger charge is 2.40. The summed E-state index contributed by atoms with van der Waals surface area (Å²) >= 11 is 0. The second-order valence-corrected chi connectivity index (χ2v) is 2.67. The number of hydrogen-bond donors (Lipinski definition) is 0. The average molecular weight is 240 g/mol. The number of rotatable bonds is 1. The van der Waals surface area contributed by atoms with E-state index in [9.17, 15) is 26.3 Å². The molecule has 0 amide bonds. The number of nitrogens with zero attached hydrogens (tertiary/aromatic N) is 2. The highest BCUT2D eigenvalue weighted by molar-refractivity contribution is 5.40. The molecule has 0 N–H and O–H groups in total. The van der Waals surface area contributed by atoms with Crippen molar-refractivity contribution in [1.29, 1.82) is 5.26 Å². The van der Waals surface area contributed by atoms with Gasteiger partial charge in [-0.25, -0.2) is 13.8 Å². The first-order chi connectivity index (χ1) is 7.27. The summed E-state index contributed by atoms with van der Waals surface area (Å²) in [4.78, 5) is 2.62. The fraction of sp³-hybridized carbons (Fsp3) is 0.250. The van der Waals surface area contributed by atoms with Crippen molar-refractivity contribution in [2.75, 3.05) is 0 Å². The largest absolute Gasteiger partial charge is 0.419 e. The molecule has 0 atom stereocenters. The van der Waals surface area contributed by atoms with Crippen molar-refractivity contribution in [2.24, 2.45) is 0 Å². The van der Waals surface area contributed by atoms with Gasteiger partial charge in [0.15, 0.2) is 5.69 Å². The van der Waals surface area contributed by atoms with Gasteiger partial charge in [-0.1, -0.05) is 0 Å². The summed E-state index contributed by atoms with van der Waals surface area (Å²) in [7, 11) is 0. The van der Waals surface area contributed by atoms with Gasteiger partial charge in [0.05, 0.1) is 0 Å². The normalized spacial score (nSPS) is 11.6. The maximum Gasteiger partial charge on any atom is 0.419 e. The highest BCUT2D eigenvalue weighted by atomic mass is 19.4. The zero-order valence-corrected chi connectivity index (χ0v) is 7.32. The van der Waals surface area contributed by atoms with Crippen LogP contribution in [-0.4, -0.2) is 4.98 Å². The molecule has 0 spiro atoms. The molecule has 0 saturated heterocycles. The zero-order chi connectivity index (χ0) is 12.5. The minimum atomic E-state index is -5.18. The smallest absolute Gasteiger partial charge is 0.208 e. The molecule has 0 fully saturated rings. The Morgan fingerprint density at radius 3 is 2.25 bits per heavy atom. The monoisotopic (exact) mass is 240 g/mol. The first-order valence-electron chi connectivity index (χ1n) is 3.73. The maximum absolute atomic E-state index is 12.6. The van der Waals surface area contributed by atoms with E-state index in [2.05, 4.69) is 4.98 Å². The molecule has 0 bridgehead atoms. The minimum absolute atomic E-state index is 0.0334. The Labute approximate surface area is 85.1 Å². The van der Waals surface area contributed by atoms with Crippen LogP contribution in [0.5, 0.6) is 0 Å². The van der Waals surface area contributed by atoms with E-state index in [1.165, 1.54) is 0 Å². The van der Waals surface area contributed by atoms with Crippen LogP contribution in [0.3, 0.4) is 0 Å². The molecule has 2 nitrogen and oxygen atoms in total. The van der Waals surface area contributed by atoms with E-state index in [-0.39, 0.29) is 6.07 Å². The first kappa shape index (κ1) is 12.3. The van der Waals surface area contributed by atoms with Crippen LogP contribution in [0.2, 0.25) is 0 Å². The van der Waals surface area contributed by atoms with Gasteiger partial charge < -0.3 is 0 Å². The second kappa shape index (κ2) is 4.00. The molecule has 1 rings (SSSR count). The molecule has 1 heterocycles. The van der Waals surface area contributed by atoms with Gasteiger partial charge in [0.25, 0.3) is 6.43 Å². The van der Waals surface area contributed by atoms with Gasteiger partial charge in [-0.3, -0.25) is 0 Å². The van der Waals surface area contributed by atoms with Crippen molar-refractivity contribution in [3.8, 4) is 6.07 Å². The molecule has 0 aliphatic rings. The van der Waals surface area contributed by atoms with E-state index in [0.717, 1.165) is 6.07 Å². The molecule has 86 valence electrons. The van der Waals surface area contributed by atoms with E-state index in [4.69, 9.17) is 5.26 Å². The molecule has 8 heteroatoms. The number of hydrogen-bond acceptors (Lipinski definition) is 2. The van der Waals surface area contributed by atoms with Gasteiger partial charge >= 0.3 is 6.18 Å². The van der Waals surface area contributed by atoms with Gasteiger partial charge in [-0.2, -0.15) is 22.8 Å². The summed E-state index contributed by atoms with van der Waals surface area (Å²) in [5.74, 6) is -1.56. The summed E-state index contributed by atoms with van der Waals surface area (Å²) in [6, 6.07) is 0.900. The van der Waals surface area contributed by atoms with Crippen molar-refractivity contribution in [1.82, 2.24) is 4.98 Å². The maximum atomic E-state index is 12.6. The SMILES string of the molecule is N#Cc1nc(F)cc(C(F)F)c1C(F)(F)F. The minimum Gasteiger partial charge on any atom is -0.208 e. The molecule has 0 aliphatic carbocycles. The summed E-state index contributed by atoms with van der Waals surface area (Å²) in [5, 5.41) is 8.29. The van der Waals surface area contributed by atoms with E-state index in [1.54, 1.807) is 0 Å². The van der Waals surface area contributed by atoms with Crippen LogP contribution in [0.25, 0.3) is 0 Å². The molecule has 0 saturated carbocycles. The molecule has 0 unspecified atom stereocenters. The Kier molecular flexibility index (Phi) is 3.07. The van der Waals surface area contributed by atoms with Crippen LogP contribution in [0.1, 0.15) is 23.2 Å². The Morgan fingerprint density at radius 2 is 1.88 bits per heavy atom. The molecular formula is C8H2F6N2. The van der Waals surface area contributed by atoms with E-state index >= 15 is 0 Å².